The van der Waals surface area contributed by atoms with E-state index < -0.39 is 0 Å². The molecule has 0 aliphatic carbocycles. The quantitative estimate of drug-likeness (QED) is 0.753. The van der Waals surface area contributed by atoms with E-state index in [1.807, 2.05) is 0 Å². The number of hydrogen-bond acceptors (Lipinski definition) is 1. The van der Waals surface area contributed by atoms with Crippen molar-refractivity contribution in [3.63, 3.8) is 0 Å². The lowest BCUT2D eigenvalue weighted by atomic mass is 10.0. The molecule has 1 N–H and O–H groups in total. The van der Waals surface area contributed by atoms with E-state index in [1.165, 1.54) is 12.0 Å². The van der Waals surface area contributed by atoms with Gasteiger partial charge in [0.05, 0.1) is 0 Å². The largest absolute Gasteiger partial charge is 0.314 e. The lowest BCUT2D eigenvalue weighted by Crippen LogP contribution is -2.28. The highest BCUT2D eigenvalue weighted by atomic mass is 14.9. The van der Waals surface area contributed by atoms with Gasteiger partial charge in [-0.3, -0.25) is 0 Å². The van der Waals surface area contributed by atoms with Gasteiger partial charge in [0.15, 0.2) is 0 Å². The van der Waals surface area contributed by atoms with Gasteiger partial charge >= 0.3 is 0 Å². The molecule has 2 atom stereocenters. The van der Waals surface area contributed by atoms with Crippen molar-refractivity contribution >= 4 is 0 Å². The van der Waals surface area contributed by atoms with Crippen molar-refractivity contribution in [1.29, 1.82) is 0 Å². The average Bonchev–Trinajstić information content (AvgIpc) is 2.26. The molecule has 1 heteroatoms. The Labute approximate surface area is 87.5 Å². The van der Waals surface area contributed by atoms with Gasteiger partial charge in [-0.05, 0) is 24.8 Å². The molecule has 1 aromatic rings. The minimum absolute atomic E-state index is 0.602. The molecular weight excluding hydrogens is 170 g/mol. The SMILES string of the molecule is CCC(C)NCC(C)c1ccccc1. The Kier molecular flexibility index (Phi) is 4.68. The van der Waals surface area contributed by atoms with Crippen LogP contribution in [0.15, 0.2) is 30.3 Å². The molecule has 0 aromatic heterocycles. The van der Waals surface area contributed by atoms with Crippen LogP contribution in [0.25, 0.3) is 0 Å². The average molecular weight is 191 g/mol. The molecule has 2 unspecified atom stereocenters. The summed E-state index contributed by atoms with van der Waals surface area (Å²) in [6, 6.07) is 11.3. The third-order valence-electron chi connectivity index (χ3n) is 2.75. The van der Waals surface area contributed by atoms with Gasteiger partial charge in [-0.25, -0.2) is 0 Å². The first-order valence-corrected chi connectivity index (χ1v) is 5.52. The maximum Gasteiger partial charge on any atom is 0.00363 e. The van der Waals surface area contributed by atoms with Crippen molar-refractivity contribution in [3.05, 3.63) is 35.9 Å². The van der Waals surface area contributed by atoms with Gasteiger partial charge in [0.25, 0.3) is 0 Å². The number of hydrogen-bond donors (Lipinski definition) is 1. The Morgan fingerprint density at radius 3 is 2.36 bits per heavy atom. The summed E-state index contributed by atoms with van der Waals surface area (Å²) in [6.07, 6.45) is 1.20. The number of benzene rings is 1. The lowest BCUT2D eigenvalue weighted by molar-refractivity contribution is 0.508. The molecule has 0 spiro atoms. The van der Waals surface area contributed by atoms with Gasteiger partial charge in [0, 0.05) is 12.6 Å². The zero-order chi connectivity index (χ0) is 10.4. The summed E-state index contributed by atoms with van der Waals surface area (Å²) in [4.78, 5) is 0. The molecule has 0 saturated carbocycles. The molecule has 0 heterocycles. The van der Waals surface area contributed by atoms with Crippen molar-refractivity contribution in [3.8, 4) is 0 Å². The van der Waals surface area contributed by atoms with E-state index in [2.05, 4.69) is 56.4 Å². The van der Waals surface area contributed by atoms with Gasteiger partial charge < -0.3 is 5.32 Å². The van der Waals surface area contributed by atoms with Crippen LogP contribution in [-0.2, 0) is 0 Å². The molecule has 1 nitrogen and oxygen atoms in total. The monoisotopic (exact) mass is 191 g/mol. The minimum Gasteiger partial charge on any atom is -0.314 e. The van der Waals surface area contributed by atoms with Crippen LogP contribution in [0.3, 0.4) is 0 Å². The lowest BCUT2D eigenvalue weighted by Gasteiger charge is -2.16. The molecule has 1 aromatic carbocycles. The van der Waals surface area contributed by atoms with Crippen LogP contribution in [0.4, 0.5) is 0 Å². The molecule has 0 bridgehead atoms. The van der Waals surface area contributed by atoms with Crippen LogP contribution in [0, 0.1) is 0 Å². The zero-order valence-corrected chi connectivity index (χ0v) is 9.46. The second-order valence-electron chi connectivity index (χ2n) is 4.03. The summed E-state index contributed by atoms with van der Waals surface area (Å²) >= 11 is 0. The fraction of sp³-hybridized carbons (Fsp3) is 0.538. The van der Waals surface area contributed by atoms with Crippen LogP contribution in [-0.4, -0.2) is 12.6 Å². The molecule has 0 radical (unpaired) electrons. The van der Waals surface area contributed by atoms with Crippen molar-refractivity contribution in [2.75, 3.05) is 6.54 Å². The van der Waals surface area contributed by atoms with Crippen LogP contribution in [0.2, 0.25) is 0 Å². The first-order valence-electron chi connectivity index (χ1n) is 5.52. The van der Waals surface area contributed by atoms with Crippen LogP contribution < -0.4 is 5.32 Å². The highest BCUT2D eigenvalue weighted by molar-refractivity contribution is 5.18. The van der Waals surface area contributed by atoms with Gasteiger partial charge in [0.2, 0.25) is 0 Å². The summed E-state index contributed by atoms with van der Waals surface area (Å²) in [5.74, 6) is 0.602. The molecular formula is C13H21N. The second-order valence-corrected chi connectivity index (χ2v) is 4.03. The summed E-state index contributed by atoms with van der Waals surface area (Å²) < 4.78 is 0. The summed E-state index contributed by atoms with van der Waals surface area (Å²) in [5.41, 5.74) is 1.42. The maximum absolute atomic E-state index is 3.53. The van der Waals surface area contributed by atoms with E-state index in [-0.39, 0.29) is 0 Å². The zero-order valence-electron chi connectivity index (χ0n) is 9.46. The molecule has 0 saturated heterocycles. The van der Waals surface area contributed by atoms with E-state index in [4.69, 9.17) is 0 Å². The molecule has 0 fully saturated rings. The van der Waals surface area contributed by atoms with Gasteiger partial charge in [-0.2, -0.15) is 0 Å². The summed E-state index contributed by atoms with van der Waals surface area (Å²) in [7, 11) is 0. The van der Waals surface area contributed by atoms with Crippen LogP contribution >= 0.6 is 0 Å². The molecule has 14 heavy (non-hydrogen) atoms. The Morgan fingerprint density at radius 1 is 1.14 bits per heavy atom. The highest BCUT2D eigenvalue weighted by Gasteiger charge is 2.05. The van der Waals surface area contributed by atoms with Crippen molar-refractivity contribution in [2.24, 2.45) is 0 Å². The Hall–Kier alpha value is -0.820. The van der Waals surface area contributed by atoms with E-state index in [1.54, 1.807) is 0 Å². The van der Waals surface area contributed by atoms with E-state index in [0.717, 1.165) is 6.54 Å². The molecule has 0 aliphatic heterocycles. The predicted octanol–water partition coefficient (Wildman–Crippen LogP) is 3.18. The number of nitrogens with one attached hydrogen (secondary N) is 1. The van der Waals surface area contributed by atoms with Crippen molar-refractivity contribution < 1.29 is 0 Å². The Balaban J connectivity index is 2.39. The fourth-order valence-corrected chi connectivity index (χ4v) is 1.42. The van der Waals surface area contributed by atoms with Crippen LogP contribution in [0.1, 0.15) is 38.7 Å². The third-order valence-corrected chi connectivity index (χ3v) is 2.75. The normalized spacial score (nSPS) is 15.1. The standard InChI is InChI=1S/C13H21N/c1-4-12(3)14-10-11(2)13-8-6-5-7-9-13/h5-9,11-12,14H,4,10H2,1-3H3. The topological polar surface area (TPSA) is 12.0 Å². The van der Waals surface area contributed by atoms with E-state index in [9.17, 15) is 0 Å². The van der Waals surface area contributed by atoms with Crippen molar-refractivity contribution in [1.82, 2.24) is 5.32 Å². The second kappa shape index (κ2) is 5.82. The van der Waals surface area contributed by atoms with E-state index in [0.29, 0.717) is 12.0 Å². The Bertz CT molecular complexity index is 243. The summed E-state index contributed by atoms with van der Waals surface area (Å²) in [5, 5.41) is 3.53. The van der Waals surface area contributed by atoms with Gasteiger partial charge in [0.1, 0.15) is 0 Å². The van der Waals surface area contributed by atoms with Gasteiger partial charge in [-0.15, -0.1) is 0 Å². The maximum atomic E-state index is 3.53. The molecule has 1 rings (SSSR count). The smallest absolute Gasteiger partial charge is 0.00363 e. The first-order chi connectivity index (χ1) is 6.74. The fourth-order valence-electron chi connectivity index (χ4n) is 1.42. The number of rotatable bonds is 5. The summed E-state index contributed by atoms with van der Waals surface area (Å²) in [6.45, 7) is 7.78. The molecule has 78 valence electrons. The molecule has 0 amide bonds. The van der Waals surface area contributed by atoms with E-state index >= 15 is 0 Å². The minimum atomic E-state index is 0.602. The third kappa shape index (κ3) is 3.51. The predicted molar refractivity (Wildman–Crippen MR) is 62.6 cm³/mol. The van der Waals surface area contributed by atoms with Crippen LogP contribution in [0.5, 0.6) is 0 Å². The molecule has 0 aliphatic rings. The Morgan fingerprint density at radius 2 is 1.79 bits per heavy atom. The first kappa shape index (κ1) is 11.3. The van der Waals surface area contributed by atoms with Crippen molar-refractivity contribution in [2.45, 2.75) is 39.2 Å². The highest BCUT2D eigenvalue weighted by Crippen LogP contribution is 2.13. The van der Waals surface area contributed by atoms with Gasteiger partial charge in [-0.1, -0.05) is 44.2 Å².